The number of aromatic nitrogens is 1. The second-order valence-electron chi connectivity index (χ2n) is 7.46. The molecule has 1 atom stereocenters. The predicted octanol–water partition coefficient (Wildman–Crippen LogP) is -0.737. The number of pyridine rings is 1. The molecule has 0 N–H and O–H groups in total. The fourth-order valence-corrected chi connectivity index (χ4v) is 4.41. The lowest BCUT2D eigenvalue weighted by atomic mass is 10.1. The van der Waals surface area contributed by atoms with Crippen LogP contribution in [0.25, 0.3) is 0 Å². The number of halogens is 1. The van der Waals surface area contributed by atoms with Crippen LogP contribution in [-0.4, -0.2) is 52.6 Å². The molecule has 1 fully saturated rings. The summed E-state index contributed by atoms with van der Waals surface area (Å²) in [5.41, 5.74) is -0.228. The third-order valence-corrected chi connectivity index (χ3v) is 6.11. The molecule has 2 aliphatic heterocycles. The van der Waals surface area contributed by atoms with Gasteiger partial charge in [-0.1, -0.05) is 21.4 Å². The Bertz CT molecular complexity index is 842. The number of fused-ring (bicyclic) bond motifs is 1. The number of hydrogen-bond donors (Lipinski definition) is 0. The number of amides is 2. The molecule has 164 valence electrons. The average Bonchev–Trinajstić information content (AvgIpc) is 2.65. The highest BCUT2D eigenvalue weighted by atomic mass is 127. The van der Waals surface area contributed by atoms with Gasteiger partial charge in [0.05, 0.1) is 18.8 Å². The zero-order chi connectivity index (χ0) is 21.2. The minimum Gasteiger partial charge on any atom is -1.00 e. The quantitative estimate of drug-likeness (QED) is 0.116. The third-order valence-electron chi connectivity index (χ3n) is 4.14. The molecule has 0 spiro atoms. The maximum Gasteiger partial charge on any atom is 0.463 e. The van der Waals surface area contributed by atoms with E-state index in [1.54, 1.807) is 42.0 Å². The number of ether oxygens (including phenoxy) is 2. The molecule has 1 saturated heterocycles. The fourth-order valence-electron chi connectivity index (χ4n) is 2.68. The normalized spacial score (nSPS) is 17.7. The van der Waals surface area contributed by atoms with Gasteiger partial charge in [0.2, 0.25) is 18.3 Å². The molecule has 2 amide bonds. The van der Waals surface area contributed by atoms with Crippen LogP contribution in [0.1, 0.15) is 27.2 Å². The molecule has 0 radical (unpaired) electrons. The predicted molar refractivity (Wildman–Crippen MR) is 110 cm³/mol. The van der Waals surface area contributed by atoms with E-state index < -0.39 is 17.7 Å². The molecule has 0 aromatic carbocycles. The first-order valence-electron chi connectivity index (χ1n) is 9.08. The first kappa shape index (κ1) is 24.8. The summed E-state index contributed by atoms with van der Waals surface area (Å²) >= 11 is 2.99. The smallest absolute Gasteiger partial charge is 0.463 e. The number of nitrogens with zero attached hydrogens (tertiary/aromatic N) is 3. The van der Waals surface area contributed by atoms with Crippen molar-refractivity contribution in [3.05, 3.63) is 36.3 Å². The largest absolute Gasteiger partial charge is 1.00 e. The number of thioether (sulfide) groups is 2. The Morgan fingerprint density at radius 2 is 2.00 bits per heavy atom. The van der Waals surface area contributed by atoms with Crippen LogP contribution in [0.15, 0.2) is 41.2 Å². The molecule has 0 unspecified atom stereocenters. The van der Waals surface area contributed by atoms with Crippen molar-refractivity contribution in [2.45, 2.75) is 43.1 Å². The van der Waals surface area contributed by atoms with E-state index in [0.29, 0.717) is 17.9 Å². The lowest BCUT2D eigenvalue weighted by Gasteiger charge is -2.42. The zero-order valence-electron chi connectivity index (χ0n) is 17.2. The molecule has 3 heterocycles. The van der Waals surface area contributed by atoms with E-state index in [1.165, 1.54) is 21.7 Å². The van der Waals surface area contributed by atoms with Crippen LogP contribution in [0.3, 0.4) is 0 Å². The highest BCUT2D eigenvalue weighted by molar-refractivity contribution is 8.00. The van der Waals surface area contributed by atoms with E-state index in [2.05, 4.69) is 0 Å². The molecule has 11 heteroatoms. The second kappa shape index (κ2) is 10.2. The van der Waals surface area contributed by atoms with Gasteiger partial charge in [-0.3, -0.25) is 9.69 Å². The van der Waals surface area contributed by atoms with Gasteiger partial charge in [-0.05, 0) is 26.8 Å². The number of esters is 1. The number of carbonyl (C=O) groups excluding carboxylic acids is 3. The Labute approximate surface area is 201 Å². The van der Waals surface area contributed by atoms with E-state index in [1.807, 2.05) is 32.9 Å². The van der Waals surface area contributed by atoms with Crippen molar-refractivity contribution >= 4 is 41.5 Å². The minimum absolute atomic E-state index is 0. The summed E-state index contributed by atoms with van der Waals surface area (Å²) in [7, 11) is 1.61. The van der Waals surface area contributed by atoms with Crippen molar-refractivity contribution in [3.63, 3.8) is 0 Å². The summed E-state index contributed by atoms with van der Waals surface area (Å²) in [6.45, 7) is 5.43. The van der Waals surface area contributed by atoms with Crippen LogP contribution in [0.2, 0.25) is 0 Å². The zero-order valence-corrected chi connectivity index (χ0v) is 21.0. The van der Waals surface area contributed by atoms with Crippen LogP contribution in [0.5, 0.6) is 0 Å². The molecular weight excluding hydrogens is 541 g/mol. The standard InChI is InChI=1S/C19H24N3O5S2.HI/c1-19(2,3)27-18(25)20(4)21-8-5-13(6-9-21)29-12-26-17(24)14-7-10-28-16-11-15(23)22(14)16;/h5-9,16H,10-12H2,1-4H3;1H/q+1;/p-1/t16-;/m0./s1. The number of hydrogen-bond acceptors (Lipinski definition) is 7. The Morgan fingerprint density at radius 1 is 1.33 bits per heavy atom. The molecule has 3 rings (SSSR count). The minimum atomic E-state index is -0.571. The Balaban J connectivity index is 0.00000320. The summed E-state index contributed by atoms with van der Waals surface area (Å²) in [5, 5.41) is 1.42. The van der Waals surface area contributed by atoms with Gasteiger partial charge in [-0.25, -0.2) is 9.59 Å². The van der Waals surface area contributed by atoms with Gasteiger partial charge in [0.25, 0.3) is 0 Å². The van der Waals surface area contributed by atoms with Gasteiger partial charge in [0, 0.05) is 22.8 Å². The summed E-state index contributed by atoms with van der Waals surface area (Å²) in [6, 6.07) is 3.62. The Kier molecular flexibility index (Phi) is 8.45. The molecule has 8 nitrogen and oxygen atoms in total. The topological polar surface area (TPSA) is 80.0 Å². The highest BCUT2D eigenvalue weighted by Crippen LogP contribution is 2.37. The second-order valence-corrected chi connectivity index (χ2v) is 9.66. The molecule has 1 aromatic rings. The Hall–Kier alpha value is -1.47. The van der Waals surface area contributed by atoms with Gasteiger partial charge < -0.3 is 33.5 Å². The maximum absolute atomic E-state index is 12.3. The first-order valence-corrected chi connectivity index (χ1v) is 11.1. The van der Waals surface area contributed by atoms with Gasteiger partial charge in [0.15, 0.2) is 0 Å². The van der Waals surface area contributed by atoms with Gasteiger partial charge >= 0.3 is 12.1 Å². The van der Waals surface area contributed by atoms with Crippen molar-refractivity contribution in [1.29, 1.82) is 0 Å². The molecule has 30 heavy (non-hydrogen) atoms. The van der Waals surface area contributed by atoms with Crippen molar-refractivity contribution in [2.24, 2.45) is 0 Å². The van der Waals surface area contributed by atoms with Gasteiger partial charge in [-0.15, -0.1) is 11.8 Å². The van der Waals surface area contributed by atoms with Crippen LogP contribution in [-0.2, 0) is 19.1 Å². The van der Waals surface area contributed by atoms with Gasteiger partial charge in [-0.2, -0.15) is 0 Å². The van der Waals surface area contributed by atoms with Crippen LogP contribution >= 0.6 is 23.5 Å². The third kappa shape index (κ3) is 6.03. The molecule has 2 aliphatic rings. The van der Waals surface area contributed by atoms with Crippen molar-refractivity contribution in [2.75, 3.05) is 23.7 Å². The number of β-lactam (4-membered cyclic amide) rings is 1. The van der Waals surface area contributed by atoms with E-state index >= 15 is 0 Å². The summed E-state index contributed by atoms with van der Waals surface area (Å²) < 4.78 is 12.3. The van der Waals surface area contributed by atoms with Crippen molar-refractivity contribution < 1.29 is 52.5 Å². The monoisotopic (exact) mass is 565 g/mol. The van der Waals surface area contributed by atoms with Crippen LogP contribution in [0.4, 0.5) is 4.79 Å². The fraction of sp³-hybridized carbons (Fsp3) is 0.474. The molecular formula is C19H24IN3O5S2. The van der Waals surface area contributed by atoms with Crippen LogP contribution < -0.4 is 33.7 Å². The van der Waals surface area contributed by atoms with E-state index in [4.69, 9.17) is 9.47 Å². The molecule has 0 aliphatic carbocycles. The SMILES string of the molecule is CN(C(=O)OC(C)(C)C)[n+]1ccc(SCOC(=O)C2=CCS[C@H]3CC(=O)N23)cc1.[I-]. The number of rotatable bonds is 5. The maximum atomic E-state index is 12.3. The first-order chi connectivity index (χ1) is 13.7. The molecule has 0 bridgehead atoms. The lowest BCUT2D eigenvalue weighted by molar-refractivity contribution is -0.681. The Morgan fingerprint density at radius 3 is 2.60 bits per heavy atom. The molecule has 0 saturated carbocycles. The average molecular weight is 565 g/mol. The van der Waals surface area contributed by atoms with Gasteiger partial charge in [0.1, 0.15) is 17.2 Å². The number of carbonyl (C=O) groups is 3. The van der Waals surface area contributed by atoms with E-state index in [9.17, 15) is 14.4 Å². The summed E-state index contributed by atoms with van der Waals surface area (Å²) in [6.07, 6.45) is 5.19. The van der Waals surface area contributed by atoms with Crippen LogP contribution in [0, 0.1) is 0 Å². The van der Waals surface area contributed by atoms with Crippen molar-refractivity contribution in [1.82, 2.24) is 4.90 Å². The summed E-state index contributed by atoms with van der Waals surface area (Å²) in [5.74, 6) is 0.309. The van der Waals surface area contributed by atoms with Crippen molar-refractivity contribution in [3.8, 4) is 0 Å². The highest BCUT2D eigenvalue weighted by Gasteiger charge is 2.43. The van der Waals surface area contributed by atoms with E-state index in [-0.39, 0.29) is 41.2 Å². The summed E-state index contributed by atoms with van der Waals surface area (Å²) in [4.78, 5) is 38.5. The molecule has 1 aromatic heterocycles. The lowest BCUT2D eigenvalue weighted by Crippen LogP contribution is -3.00. The van der Waals surface area contributed by atoms with E-state index in [0.717, 1.165) is 4.90 Å².